The number of nitrogens with one attached hydrogen (secondary N) is 1. The second-order valence-corrected chi connectivity index (χ2v) is 6.21. The molecule has 1 aliphatic rings. The van der Waals surface area contributed by atoms with Gasteiger partial charge in [-0.2, -0.15) is 4.98 Å². The van der Waals surface area contributed by atoms with Crippen molar-refractivity contribution in [1.82, 2.24) is 19.9 Å². The fraction of sp³-hybridized carbons (Fsp3) is 0.263. The zero-order chi connectivity index (χ0) is 17.8. The zero-order valence-corrected chi connectivity index (χ0v) is 14.7. The van der Waals surface area contributed by atoms with Gasteiger partial charge in [0.25, 0.3) is 0 Å². The Morgan fingerprint density at radius 3 is 2.27 bits per heavy atom. The average Bonchev–Trinajstić information content (AvgIpc) is 2.69. The van der Waals surface area contributed by atoms with Gasteiger partial charge < -0.3 is 15.1 Å². The predicted molar refractivity (Wildman–Crippen MR) is 103 cm³/mol. The highest BCUT2D eigenvalue weighted by molar-refractivity contribution is 5.55. The van der Waals surface area contributed by atoms with E-state index in [4.69, 9.17) is 4.98 Å². The maximum Gasteiger partial charge on any atom is 0.229 e. The van der Waals surface area contributed by atoms with Gasteiger partial charge in [-0.05, 0) is 25.1 Å². The summed E-state index contributed by atoms with van der Waals surface area (Å²) in [4.78, 5) is 22.4. The summed E-state index contributed by atoms with van der Waals surface area (Å²) >= 11 is 0. The minimum atomic E-state index is 0.625. The van der Waals surface area contributed by atoms with Crippen LogP contribution in [0.4, 0.5) is 23.4 Å². The molecule has 26 heavy (non-hydrogen) atoms. The lowest BCUT2D eigenvalue weighted by Crippen LogP contribution is -2.47. The summed E-state index contributed by atoms with van der Waals surface area (Å²) in [5.74, 6) is 2.36. The maximum absolute atomic E-state index is 4.70. The number of rotatable bonds is 4. The highest BCUT2D eigenvalue weighted by atomic mass is 15.3. The Labute approximate surface area is 152 Å². The molecule has 1 aromatic carbocycles. The molecule has 0 unspecified atom stereocenters. The van der Waals surface area contributed by atoms with Crippen molar-refractivity contribution < 1.29 is 0 Å². The van der Waals surface area contributed by atoms with Gasteiger partial charge in [-0.3, -0.25) is 0 Å². The van der Waals surface area contributed by atoms with Crippen LogP contribution in [-0.4, -0.2) is 46.1 Å². The van der Waals surface area contributed by atoms with Crippen LogP contribution in [0.25, 0.3) is 0 Å². The average molecular weight is 347 g/mol. The second-order valence-electron chi connectivity index (χ2n) is 6.21. The molecule has 0 radical (unpaired) electrons. The van der Waals surface area contributed by atoms with E-state index < -0.39 is 0 Å². The van der Waals surface area contributed by atoms with Crippen LogP contribution < -0.4 is 15.1 Å². The Balaban J connectivity index is 1.46. The van der Waals surface area contributed by atoms with Crippen LogP contribution in [0.2, 0.25) is 0 Å². The third-order valence-corrected chi connectivity index (χ3v) is 4.31. The minimum Gasteiger partial charge on any atom is -0.353 e. The number of anilines is 4. The molecule has 0 amide bonds. The van der Waals surface area contributed by atoms with Crippen LogP contribution in [0.15, 0.2) is 54.9 Å². The molecular weight excluding hydrogens is 326 g/mol. The van der Waals surface area contributed by atoms with Crippen molar-refractivity contribution in [2.75, 3.05) is 41.3 Å². The number of hydrogen-bond donors (Lipinski definition) is 1. The SMILES string of the molecule is Cc1cc(N2CCN(c3ncccn3)CC2)nc(Nc2ccccc2)n1. The molecule has 3 heterocycles. The first-order chi connectivity index (χ1) is 12.8. The second kappa shape index (κ2) is 7.35. The molecule has 0 spiro atoms. The number of nitrogens with zero attached hydrogens (tertiary/aromatic N) is 6. The summed E-state index contributed by atoms with van der Waals surface area (Å²) in [7, 11) is 0. The quantitative estimate of drug-likeness (QED) is 0.778. The summed E-state index contributed by atoms with van der Waals surface area (Å²) < 4.78 is 0. The lowest BCUT2D eigenvalue weighted by atomic mass is 10.3. The van der Waals surface area contributed by atoms with Gasteiger partial charge in [-0.15, -0.1) is 0 Å². The standard InChI is InChI=1S/C19H21N7/c1-15-14-17(24-18(22-15)23-16-6-3-2-4-7-16)25-10-12-26(13-11-25)19-20-8-5-9-21-19/h2-9,14H,10-13H2,1H3,(H,22,23,24). The van der Waals surface area contributed by atoms with Crippen LogP contribution in [0, 0.1) is 6.92 Å². The third kappa shape index (κ3) is 3.72. The highest BCUT2D eigenvalue weighted by Gasteiger charge is 2.20. The molecule has 2 aromatic heterocycles. The summed E-state index contributed by atoms with van der Waals surface area (Å²) in [5, 5.41) is 3.28. The Morgan fingerprint density at radius 2 is 1.54 bits per heavy atom. The van der Waals surface area contributed by atoms with Gasteiger partial charge in [0.15, 0.2) is 0 Å². The number of hydrogen-bond acceptors (Lipinski definition) is 7. The highest BCUT2D eigenvalue weighted by Crippen LogP contribution is 2.20. The number of aromatic nitrogens is 4. The van der Waals surface area contributed by atoms with Gasteiger partial charge >= 0.3 is 0 Å². The Hall–Kier alpha value is -3.22. The summed E-state index contributed by atoms with van der Waals surface area (Å²) in [6.07, 6.45) is 3.56. The molecule has 0 aliphatic carbocycles. The molecule has 1 saturated heterocycles. The lowest BCUT2D eigenvalue weighted by molar-refractivity contribution is 0.634. The van der Waals surface area contributed by atoms with E-state index in [2.05, 4.69) is 30.1 Å². The van der Waals surface area contributed by atoms with Crippen LogP contribution in [0.1, 0.15) is 5.69 Å². The number of piperazine rings is 1. The van der Waals surface area contributed by atoms with Crippen LogP contribution >= 0.6 is 0 Å². The maximum atomic E-state index is 4.70. The normalized spacial score (nSPS) is 14.3. The summed E-state index contributed by atoms with van der Waals surface area (Å²) in [5.41, 5.74) is 1.93. The molecule has 132 valence electrons. The Bertz CT molecular complexity index is 846. The molecular formula is C19H21N7. The van der Waals surface area contributed by atoms with E-state index in [1.807, 2.05) is 49.4 Å². The van der Waals surface area contributed by atoms with Gasteiger partial charge in [0, 0.05) is 56.0 Å². The Kier molecular flexibility index (Phi) is 4.59. The van der Waals surface area contributed by atoms with Crippen molar-refractivity contribution >= 4 is 23.4 Å². The Morgan fingerprint density at radius 1 is 0.846 bits per heavy atom. The van der Waals surface area contributed by atoms with Gasteiger partial charge in [-0.25, -0.2) is 15.0 Å². The first-order valence-electron chi connectivity index (χ1n) is 8.72. The molecule has 0 atom stereocenters. The van der Waals surface area contributed by atoms with Crippen LogP contribution in [0.3, 0.4) is 0 Å². The predicted octanol–water partition coefficient (Wildman–Crippen LogP) is 2.65. The van der Waals surface area contributed by atoms with Crippen molar-refractivity contribution in [2.45, 2.75) is 6.92 Å². The zero-order valence-electron chi connectivity index (χ0n) is 14.7. The molecule has 3 aromatic rings. The van der Waals surface area contributed by atoms with E-state index in [1.54, 1.807) is 12.4 Å². The fourth-order valence-electron chi connectivity index (χ4n) is 3.01. The van der Waals surface area contributed by atoms with Crippen molar-refractivity contribution in [1.29, 1.82) is 0 Å². The van der Waals surface area contributed by atoms with Crippen molar-refractivity contribution in [3.05, 3.63) is 60.6 Å². The largest absolute Gasteiger partial charge is 0.353 e. The van der Waals surface area contributed by atoms with Gasteiger partial charge in [0.1, 0.15) is 5.82 Å². The van der Waals surface area contributed by atoms with Gasteiger partial charge in [0.05, 0.1) is 0 Å². The van der Waals surface area contributed by atoms with Crippen molar-refractivity contribution in [3.8, 4) is 0 Å². The van der Waals surface area contributed by atoms with E-state index in [1.165, 1.54) is 0 Å². The first kappa shape index (κ1) is 16.3. The van der Waals surface area contributed by atoms with Gasteiger partial charge in [-0.1, -0.05) is 18.2 Å². The summed E-state index contributed by atoms with van der Waals surface area (Å²) in [6.45, 7) is 5.48. The van der Waals surface area contributed by atoms with Crippen LogP contribution in [0.5, 0.6) is 0 Å². The topological polar surface area (TPSA) is 70.1 Å². The van der Waals surface area contributed by atoms with Crippen LogP contribution in [-0.2, 0) is 0 Å². The molecule has 1 fully saturated rings. The van der Waals surface area contributed by atoms with E-state index >= 15 is 0 Å². The lowest BCUT2D eigenvalue weighted by Gasteiger charge is -2.35. The molecule has 7 nitrogen and oxygen atoms in total. The first-order valence-corrected chi connectivity index (χ1v) is 8.72. The van der Waals surface area contributed by atoms with Gasteiger partial charge in [0.2, 0.25) is 11.9 Å². The monoisotopic (exact) mass is 347 g/mol. The number of aryl methyl sites for hydroxylation is 1. The molecule has 1 aliphatic heterocycles. The number of para-hydroxylation sites is 1. The number of benzene rings is 1. The summed E-state index contributed by atoms with van der Waals surface area (Å²) in [6, 6.07) is 13.8. The van der Waals surface area contributed by atoms with E-state index in [0.717, 1.165) is 49.3 Å². The third-order valence-electron chi connectivity index (χ3n) is 4.31. The molecule has 4 rings (SSSR count). The molecule has 7 heteroatoms. The van der Waals surface area contributed by atoms with E-state index in [9.17, 15) is 0 Å². The van der Waals surface area contributed by atoms with E-state index in [0.29, 0.717) is 5.95 Å². The van der Waals surface area contributed by atoms with Crippen molar-refractivity contribution in [3.63, 3.8) is 0 Å². The van der Waals surface area contributed by atoms with E-state index in [-0.39, 0.29) is 0 Å². The smallest absolute Gasteiger partial charge is 0.229 e. The van der Waals surface area contributed by atoms with Crippen molar-refractivity contribution in [2.24, 2.45) is 0 Å². The molecule has 0 bridgehead atoms. The molecule has 0 saturated carbocycles. The fourth-order valence-corrected chi connectivity index (χ4v) is 3.01. The molecule has 1 N–H and O–H groups in total. The minimum absolute atomic E-state index is 0.625.